The zero-order valence-electron chi connectivity index (χ0n) is 11.3. The van der Waals surface area contributed by atoms with Crippen LogP contribution in [0, 0.1) is 0 Å². The molecule has 0 bridgehead atoms. The van der Waals surface area contributed by atoms with E-state index in [1.165, 1.54) is 12.1 Å². The Morgan fingerprint density at radius 1 is 1.25 bits per heavy atom. The van der Waals surface area contributed by atoms with Crippen LogP contribution in [-0.4, -0.2) is 17.6 Å². The molecule has 0 saturated carbocycles. The van der Waals surface area contributed by atoms with Crippen LogP contribution in [0.2, 0.25) is 0 Å². The van der Waals surface area contributed by atoms with Crippen molar-refractivity contribution in [3.05, 3.63) is 36.2 Å². The predicted molar refractivity (Wildman–Crippen MR) is 70.5 cm³/mol. The molecular weight excluding hydrogens is 266 g/mol. The number of rotatable bonds is 6. The van der Waals surface area contributed by atoms with Crippen LogP contribution in [0.5, 0.6) is 5.75 Å². The van der Waals surface area contributed by atoms with Gasteiger partial charge in [-0.3, -0.25) is 0 Å². The third-order valence-electron chi connectivity index (χ3n) is 2.57. The van der Waals surface area contributed by atoms with Crippen molar-refractivity contribution in [3.8, 4) is 17.2 Å². The molecule has 0 spiro atoms. The van der Waals surface area contributed by atoms with Gasteiger partial charge in [0.25, 0.3) is 0 Å². The fourth-order valence-electron chi connectivity index (χ4n) is 1.61. The maximum Gasteiger partial charge on any atom is 0.387 e. The number of hydrogen-bond donors (Lipinski definition) is 1. The van der Waals surface area contributed by atoms with Gasteiger partial charge in [-0.05, 0) is 24.3 Å². The first-order chi connectivity index (χ1) is 9.54. The molecule has 0 unspecified atom stereocenters. The first-order valence-corrected chi connectivity index (χ1v) is 6.27. The monoisotopic (exact) mass is 282 g/mol. The quantitative estimate of drug-likeness (QED) is 0.881. The Hall–Kier alpha value is -1.95. The zero-order valence-corrected chi connectivity index (χ0v) is 11.3. The number of halogens is 2. The van der Waals surface area contributed by atoms with Gasteiger partial charge < -0.3 is 14.5 Å². The zero-order chi connectivity index (χ0) is 14.5. The average Bonchev–Trinajstić information content (AvgIpc) is 2.85. The maximum absolute atomic E-state index is 12.0. The number of ether oxygens (including phenoxy) is 1. The van der Waals surface area contributed by atoms with Crippen molar-refractivity contribution >= 4 is 0 Å². The Morgan fingerprint density at radius 2 is 1.95 bits per heavy atom. The van der Waals surface area contributed by atoms with Gasteiger partial charge in [0.05, 0.1) is 5.69 Å². The lowest BCUT2D eigenvalue weighted by molar-refractivity contribution is -0.0498. The molecule has 0 saturated heterocycles. The third kappa shape index (κ3) is 4.03. The second-order valence-electron chi connectivity index (χ2n) is 4.58. The van der Waals surface area contributed by atoms with E-state index in [0.717, 1.165) is 5.69 Å². The minimum Gasteiger partial charge on any atom is -0.444 e. The first kappa shape index (κ1) is 14.5. The molecule has 0 radical (unpaired) electrons. The largest absolute Gasteiger partial charge is 0.444 e. The Labute approximate surface area is 115 Å². The molecule has 1 aromatic carbocycles. The van der Waals surface area contributed by atoms with Crippen molar-refractivity contribution < 1.29 is 17.9 Å². The van der Waals surface area contributed by atoms with Crippen molar-refractivity contribution in [2.45, 2.75) is 33.0 Å². The lowest BCUT2D eigenvalue weighted by atomic mass is 10.2. The van der Waals surface area contributed by atoms with Gasteiger partial charge in [-0.15, -0.1) is 0 Å². The van der Waals surface area contributed by atoms with Crippen LogP contribution in [-0.2, 0) is 6.54 Å². The van der Waals surface area contributed by atoms with Gasteiger partial charge in [-0.2, -0.15) is 8.78 Å². The van der Waals surface area contributed by atoms with E-state index in [-0.39, 0.29) is 5.75 Å². The van der Waals surface area contributed by atoms with Crippen molar-refractivity contribution in [2.75, 3.05) is 0 Å². The van der Waals surface area contributed by atoms with E-state index in [1.54, 1.807) is 18.4 Å². The van der Waals surface area contributed by atoms with E-state index < -0.39 is 6.61 Å². The third-order valence-corrected chi connectivity index (χ3v) is 2.57. The van der Waals surface area contributed by atoms with Crippen LogP contribution in [0.4, 0.5) is 8.78 Å². The van der Waals surface area contributed by atoms with Gasteiger partial charge in [-0.1, -0.05) is 13.8 Å². The molecule has 108 valence electrons. The highest BCUT2D eigenvalue weighted by molar-refractivity contribution is 5.54. The topological polar surface area (TPSA) is 47.3 Å². The van der Waals surface area contributed by atoms with Gasteiger partial charge in [0.1, 0.15) is 12.0 Å². The first-order valence-electron chi connectivity index (χ1n) is 6.27. The SMILES string of the molecule is CC(C)NCc1coc(-c2ccc(OC(F)F)cc2)n1. The summed E-state index contributed by atoms with van der Waals surface area (Å²) in [5.41, 5.74) is 1.50. The average molecular weight is 282 g/mol. The van der Waals surface area contributed by atoms with E-state index >= 15 is 0 Å². The Balaban J connectivity index is 2.04. The minimum absolute atomic E-state index is 0.108. The molecule has 1 N–H and O–H groups in total. The molecule has 4 nitrogen and oxygen atoms in total. The minimum atomic E-state index is -2.82. The van der Waals surface area contributed by atoms with Crippen molar-refractivity contribution in [1.82, 2.24) is 10.3 Å². The van der Waals surface area contributed by atoms with Gasteiger partial charge in [-0.25, -0.2) is 4.98 Å². The van der Waals surface area contributed by atoms with E-state index in [1.807, 2.05) is 13.8 Å². The summed E-state index contributed by atoms with van der Waals surface area (Å²) in [5.74, 6) is 0.561. The molecule has 2 aromatic rings. The van der Waals surface area contributed by atoms with Gasteiger partial charge >= 0.3 is 6.61 Å². The number of nitrogens with one attached hydrogen (secondary N) is 1. The summed E-state index contributed by atoms with van der Waals surface area (Å²) < 4.78 is 33.7. The van der Waals surface area contributed by atoms with Crippen LogP contribution in [0.25, 0.3) is 11.5 Å². The van der Waals surface area contributed by atoms with Gasteiger partial charge in [0.2, 0.25) is 5.89 Å². The molecule has 1 heterocycles. The molecule has 1 aromatic heterocycles. The van der Waals surface area contributed by atoms with E-state index in [2.05, 4.69) is 15.0 Å². The van der Waals surface area contributed by atoms with E-state index in [0.29, 0.717) is 24.0 Å². The Morgan fingerprint density at radius 3 is 2.55 bits per heavy atom. The van der Waals surface area contributed by atoms with Crippen molar-refractivity contribution in [3.63, 3.8) is 0 Å². The van der Waals surface area contributed by atoms with Gasteiger partial charge in [0.15, 0.2) is 0 Å². The summed E-state index contributed by atoms with van der Waals surface area (Å²) in [4.78, 5) is 4.32. The number of aromatic nitrogens is 1. The highest BCUT2D eigenvalue weighted by atomic mass is 19.3. The number of nitrogens with zero attached hydrogens (tertiary/aromatic N) is 1. The van der Waals surface area contributed by atoms with Crippen LogP contribution in [0.1, 0.15) is 19.5 Å². The second-order valence-corrected chi connectivity index (χ2v) is 4.58. The highest BCUT2D eigenvalue weighted by Gasteiger charge is 2.08. The molecule has 0 aliphatic carbocycles. The fourth-order valence-corrected chi connectivity index (χ4v) is 1.61. The lowest BCUT2D eigenvalue weighted by Crippen LogP contribution is -2.21. The van der Waals surface area contributed by atoms with Crippen LogP contribution >= 0.6 is 0 Å². The van der Waals surface area contributed by atoms with Crippen molar-refractivity contribution in [1.29, 1.82) is 0 Å². The number of benzene rings is 1. The summed E-state index contributed by atoms with van der Waals surface area (Å²) >= 11 is 0. The molecular formula is C14H16F2N2O2. The smallest absolute Gasteiger partial charge is 0.387 e. The summed E-state index contributed by atoms with van der Waals surface area (Å²) in [6.45, 7) is 1.88. The maximum atomic E-state index is 12.0. The van der Waals surface area contributed by atoms with Crippen LogP contribution in [0.3, 0.4) is 0 Å². The lowest BCUT2D eigenvalue weighted by Gasteiger charge is -2.04. The normalized spacial score (nSPS) is 11.3. The summed E-state index contributed by atoms with van der Waals surface area (Å²) in [6, 6.07) is 6.53. The standard InChI is InChI=1S/C14H16F2N2O2/c1-9(2)17-7-11-8-19-13(18-11)10-3-5-12(6-4-10)20-14(15)16/h3-6,8-9,14,17H,7H2,1-2H3. The number of oxazole rings is 1. The molecule has 0 atom stereocenters. The van der Waals surface area contributed by atoms with E-state index in [9.17, 15) is 8.78 Å². The second kappa shape index (κ2) is 6.47. The Bertz CT molecular complexity index is 538. The Kier molecular flexibility index (Phi) is 4.68. The summed E-state index contributed by atoms with van der Waals surface area (Å²) in [7, 11) is 0. The summed E-state index contributed by atoms with van der Waals surface area (Å²) in [5, 5.41) is 3.23. The number of alkyl halides is 2. The van der Waals surface area contributed by atoms with Crippen LogP contribution < -0.4 is 10.1 Å². The molecule has 0 fully saturated rings. The van der Waals surface area contributed by atoms with E-state index in [4.69, 9.17) is 4.42 Å². The van der Waals surface area contributed by atoms with Crippen LogP contribution in [0.15, 0.2) is 34.9 Å². The molecule has 0 amide bonds. The fraction of sp³-hybridized carbons (Fsp3) is 0.357. The molecule has 20 heavy (non-hydrogen) atoms. The van der Waals surface area contributed by atoms with Gasteiger partial charge in [0, 0.05) is 18.2 Å². The number of hydrogen-bond acceptors (Lipinski definition) is 4. The molecule has 6 heteroatoms. The highest BCUT2D eigenvalue weighted by Crippen LogP contribution is 2.22. The molecule has 0 aliphatic heterocycles. The van der Waals surface area contributed by atoms with Crippen molar-refractivity contribution in [2.24, 2.45) is 0 Å². The predicted octanol–water partition coefficient (Wildman–Crippen LogP) is 3.44. The molecule has 0 aliphatic rings. The molecule has 2 rings (SSSR count). The summed E-state index contributed by atoms with van der Waals surface area (Å²) in [6.07, 6.45) is 1.58.